The molecule has 21 heavy (non-hydrogen) atoms. The van der Waals surface area contributed by atoms with Crippen LogP contribution in [0.4, 0.5) is 0 Å². The zero-order valence-electron chi connectivity index (χ0n) is 14.9. The van der Waals surface area contributed by atoms with E-state index < -0.39 is 0 Å². The maximum absolute atomic E-state index is 5.69. The van der Waals surface area contributed by atoms with Crippen LogP contribution in [-0.2, 0) is 14.2 Å². The fourth-order valence-corrected chi connectivity index (χ4v) is 2.35. The molecule has 0 amide bonds. The van der Waals surface area contributed by atoms with Gasteiger partial charge in [0.25, 0.3) is 0 Å². The van der Waals surface area contributed by atoms with Gasteiger partial charge < -0.3 is 19.5 Å². The van der Waals surface area contributed by atoms with Crippen molar-refractivity contribution in [1.82, 2.24) is 5.32 Å². The van der Waals surface area contributed by atoms with Crippen molar-refractivity contribution in [3.05, 3.63) is 0 Å². The lowest BCUT2D eigenvalue weighted by molar-refractivity contribution is 0.0168. The Labute approximate surface area is 131 Å². The van der Waals surface area contributed by atoms with Gasteiger partial charge in [-0.2, -0.15) is 0 Å². The summed E-state index contributed by atoms with van der Waals surface area (Å²) in [4.78, 5) is 0. The third kappa shape index (κ3) is 13.2. The molecule has 4 nitrogen and oxygen atoms in total. The standard InChI is InChI=1S/C17H37NO3/c1-6-7-17(4,15-18-14-16(2)3)8-9-20-12-13-21-11-10-19-5/h16,18H,6-15H2,1-5H3. The lowest BCUT2D eigenvalue weighted by atomic mass is 9.82. The van der Waals surface area contributed by atoms with Crippen LogP contribution in [0.1, 0.15) is 47.0 Å². The molecule has 128 valence electrons. The highest BCUT2D eigenvalue weighted by Crippen LogP contribution is 2.26. The molecular formula is C17H37NO3. The predicted molar refractivity (Wildman–Crippen MR) is 88.9 cm³/mol. The smallest absolute Gasteiger partial charge is 0.0701 e. The minimum Gasteiger partial charge on any atom is -0.382 e. The topological polar surface area (TPSA) is 39.7 Å². The molecule has 0 saturated heterocycles. The Bertz CT molecular complexity index is 224. The Morgan fingerprint density at radius 3 is 2.14 bits per heavy atom. The van der Waals surface area contributed by atoms with Gasteiger partial charge in [0.15, 0.2) is 0 Å². The van der Waals surface area contributed by atoms with Crippen LogP contribution in [0.2, 0.25) is 0 Å². The van der Waals surface area contributed by atoms with Gasteiger partial charge in [-0.1, -0.05) is 34.1 Å². The van der Waals surface area contributed by atoms with Crippen molar-refractivity contribution in [1.29, 1.82) is 0 Å². The van der Waals surface area contributed by atoms with Crippen LogP contribution in [0.15, 0.2) is 0 Å². The second kappa shape index (κ2) is 13.5. The summed E-state index contributed by atoms with van der Waals surface area (Å²) in [6.45, 7) is 14.7. The van der Waals surface area contributed by atoms with Crippen molar-refractivity contribution >= 4 is 0 Å². The quantitative estimate of drug-likeness (QED) is 0.472. The van der Waals surface area contributed by atoms with Gasteiger partial charge >= 0.3 is 0 Å². The van der Waals surface area contributed by atoms with E-state index in [9.17, 15) is 0 Å². The number of nitrogens with one attached hydrogen (secondary N) is 1. The number of methoxy groups -OCH3 is 1. The van der Waals surface area contributed by atoms with Crippen LogP contribution in [0.25, 0.3) is 0 Å². The Morgan fingerprint density at radius 2 is 1.57 bits per heavy atom. The van der Waals surface area contributed by atoms with E-state index in [1.807, 2.05) is 0 Å². The molecule has 1 N–H and O–H groups in total. The minimum absolute atomic E-state index is 0.334. The molecule has 0 aliphatic rings. The first kappa shape index (κ1) is 20.8. The fraction of sp³-hybridized carbons (Fsp3) is 1.00. The largest absolute Gasteiger partial charge is 0.382 e. The number of rotatable bonds is 15. The van der Waals surface area contributed by atoms with Gasteiger partial charge in [-0.05, 0) is 30.7 Å². The van der Waals surface area contributed by atoms with Crippen LogP contribution in [0, 0.1) is 11.3 Å². The van der Waals surface area contributed by atoms with Gasteiger partial charge in [-0.25, -0.2) is 0 Å². The zero-order chi connectivity index (χ0) is 16.0. The van der Waals surface area contributed by atoms with Crippen molar-refractivity contribution in [3.63, 3.8) is 0 Å². The molecule has 0 aliphatic heterocycles. The van der Waals surface area contributed by atoms with Gasteiger partial charge in [0.1, 0.15) is 0 Å². The minimum atomic E-state index is 0.334. The van der Waals surface area contributed by atoms with Crippen molar-refractivity contribution in [2.45, 2.75) is 47.0 Å². The lowest BCUT2D eigenvalue weighted by Gasteiger charge is -2.30. The third-order valence-electron chi connectivity index (χ3n) is 3.61. The molecule has 0 saturated carbocycles. The lowest BCUT2D eigenvalue weighted by Crippen LogP contribution is -2.34. The highest BCUT2D eigenvalue weighted by atomic mass is 16.5. The summed E-state index contributed by atoms with van der Waals surface area (Å²) in [6, 6.07) is 0. The van der Waals surface area contributed by atoms with Gasteiger partial charge in [-0.15, -0.1) is 0 Å². The second-order valence-electron chi connectivity index (χ2n) is 6.55. The Balaban J connectivity index is 3.71. The van der Waals surface area contributed by atoms with E-state index in [2.05, 4.69) is 33.0 Å². The molecule has 0 aromatic heterocycles. The van der Waals surface area contributed by atoms with E-state index in [1.165, 1.54) is 12.8 Å². The first-order valence-corrected chi connectivity index (χ1v) is 8.39. The SMILES string of the molecule is CCCC(C)(CCOCCOCCOC)CNCC(C)C. The summed E-state index contributed by atoms with van der Waals surface area (Å²) in [5.41, 5.74) is 0.334. The first-order valence-electron chi connectivity index (χ1n) is 8.39. The Kier molecular flexibility index (Phi) is 13.4. The normalized spacial score (nSPS) is 14.6. The number of hydrogen-bond donors (Lipinski definition) is 1. The summed E-state index contributed by atoms with van der Waals surface area (Å²) in [5.74, 6) is 0.705. The number of ether oxygens (including phenoxy) is 3. The van der Waals surface area contributed by atoms with Gasteiger partial charge in [0.2, 0.25) is 0 Å². The van der Waals surface area contributed by atoms with Crippen LogP contribution in [0.3, 0.4) is 0 Å². The van der Waals surface area contributed by atoms with Crippen molar-refractivity contribution in [2.75, 3.05) is 53.2 Å². The van der Waals surface area contributed by atoms with E-state index in [0.29, 0.717) is 37.8 Å². The Hall–Kier alpha value is -0.160. The molecular weight excluding hydrogens is 266 g/mol. The van der Waals surface area contributed by atoms with Gasteiger partial charge in [-0.3, -0.25) is 0 Å². The molecule has 0 rings (SSSR count). The molecule has 0 aliphatic carbocycles. The Morgan fingerprint density at radius 1 is 0.952 bits per heavy atom. The second-order valence-corrected chi connectivity index (χ2v) is 6.55. The van der Waals surface area contributed by atoms with E-state index in [-0.39, 0.29) is 0 Å². The van der Waals surface area contributed by atoms with E-state index in [4.69, 9.17) is 14.2 Å². The third-order valence-corrected chi connectivity index (χ3v) is 3.61. The van der Waals surface area contributed by atoms with Gasteiger partial charge in [0.05, 0.1) is 26.4 Å². The monoisotopic (exact) mass is 303 g/mol. The van der Waals surface area contributed by atoms with E-state index >= 15 is 0 Å². The molecule has 1 atom stereocenters. The summed E-state index contributed by atoms with van der Waals surface area (Å²) in [6.07, 6.45) is 3.57. The van der Waals surface area contributed by atoms with Crippen LogP contribution in [0.5, 0.6) is 0 Å². The average Bonchev–Trinajstić information content (AvgIpc) is 2.41. The molecule has 0 bridgehead atoms. The van der Waals surface area contributed by atoms with Crippen molar-refractivity contribution in [2.24, 2.45) is 11.3 Å². The van der Waals surface area contributed by atoms with Crippen LogP contribution in [-0.4, -0.2) is 53.2 Å². The maximum atomic E-state index is 5.69. The summed E-state index contributed by atoms with van der Waals surface area (Å²) in [5, 5.41) is 3.59. The van der Waals surface area contributed by atoms with Crippen LogP contribution < -0.4 is 5.32 Å². The first-order chi connectivity index (χ1) is 10.0. The summed E-state index contributed by atoms with van der Waals surface area (Å²) < 4.78 is 16.0. The van der Waals surface area contributed by atoms with Crippen molar-refractivity contribution in [3.8, 4) is 0 Å². The molecule has 0 aromatic rings. The number of hydrogen-bond acceptors (Lipinski definition) is 4. The van der Waals surface area contributed by atoms with E-state index in [0.717, 1.165) is 26.1 Å². The zero-order valence-corrected chi connectivity index (χ0v) is 14.9. The molecule has 1 unspecified atom stereocenters. The molecule has 0 aromatic carbocycles. The molecule has 0 radical (unpaired) electrons. The maximum Gasteiger partial charge on any atom is 0.0701 e. The van der Waals surface area contributed by atoms with Gasteiger partial charge in [0, 0.05) is 20.3 Å². The van der Waals surface area contributed by atoms with Crippen LogP contribution >= 0.6 is 0 Å². The fourth-order valence-electron chi connectivity index (χ4n) is 2.35. The summed E-state index contributed by atoms with van der Waals surface area (Å²) >= 11 is 0. The average molecular weight is 303 g/mol. The molecule has 4 heteroatoms. The predicted octanol–water partition coefficient (Wildman–Crippen LogP) is 3.11. The molecule has 0 spiro atoms. The van der Waals surface area contributed by atoms with Crippen molar-refractivity contribution < 1.29 is 14.2 Å². The summed E-state index contributed by atoms with van der Waals surface area (Å²) in [7, 11) is 1.68. The molecule has 0 heterocycles. The highest BCUT2D eigenvalue weighted by Gasteiger charge is 2.22. The van der Waals surface area contributed by atoms with E-state index in [1.54, 1.807) is 7.11 Å². The highest BCUT2D eigenvalue weighted by molar-refractivity contribution is 4.76. The molecule has 0 fully saturated rings.